The summed E-state index contributed by atoms with van der Waals surface area (Å²) in [6.45, 7) is 3.22. The number of hydrogen-bond donors (Lipinski definition) is 2. The molecule has 2 N–H and O–H groups in total. The van der Waals surface area contributed by atoms with Crippen LogP contribution in [0.2, 0.25) is 0 Å². The number of hydrogen-bond acceptors (Lipinski definition) is 4. The van der Waals surface area contributed by atoms with Gasteiger partial charge in [0.2, 0.25) is 0 Å². The quantitative estimate of drug-likeness (QED) is 0.634. The first-order chi connectivity index (χ1) is 9.39. The Morgan fingerprint density at radius 3 is 2.70 bits per heavy atom. The molecule has 1 aliphatic carbocycles. The summed E-state index contributed by atoms with van der Waals surface area (Å²) in [7, 11) is 0. The molecule has 108 valence electrons. The molecule has 0 aliphatic heterocycles. The van der Waals surface area contributed by atoms with Gasteiger partial charge in [-0.3, -0.25) is 14.9 Å². The Balaban J connectivity index is 2.25. The van der Waals surface area contributed by atoms with Crippen LogP contribution in [0.1, 0.15) is 35.7 Å². The molecule has 2 rings (SSSR count). The molecule has 0 aromatic heterocycles. The summed E-state index contributed by atoms with van der Waals surface area (Å²) in [5, 5.41) is 23.2. The molecule has 1 fully saturated rings. The Morgan fingerprint density at radius 1 is 1.55 bits per heavy atom. The van der Waals surface area contributed by atoms with E-state index in [1.54, 1.807) is 19.9 Å². The van der Waals surface area contributed by atoms with Crippen molar-refractivity contribution in [3.8, 4) is 0 Å². The second kappa shape index (κ2) is 5.20. The van der Waals surface area contributed by atoms with Crippen LogP contribution in [0, 0.1) is 23.0 Å². The summed E-state index contributed by atoms with van der Waals surface area (Å²) >= 11 is 0. The van der Waals surface area contributed by atoms with Crippen molar-refractivity contribution in [3.63, 3.8) is 0 Å². The highest BCUT2D eigenvalue weighted by Crippen LogP contribution is 2.39. The lowest BCUT2D eigenvalue weighted by molar-refractivity contribution is -0.385. The molecule has 1 unspecified atom stereocenters. The lowest BCUT2D eigenvalue weighted by Gasteiger charge is -2.29. The lowest BCUT2D eigenvalue weighted by Crippen LogP contribution is -2.50. The number of nitrogens with one attached hydrogen (secondary N) is 1. The average molecular weight is 278 g/mol. The van der Waals surface area contributed by atoms with Crippen LogP contribution >= 0.6 is 0 Å². The van der Waals surface area contributed by atoms with Gasteiger partial charge in [0, 0.05) is 17.2 Å². The summed E-state index contributed by atoms with van der Waals surface area (Å²) in [5.41, 5.74) is -0.117. The number of benzene rings is 1. The van der Waals surface area contributed by atoms with E-state index in [0.29, 0.717) is 5.56 Å². The van der Waals surface area contributed by atoms with Crippen LogP contribution in [0.5, 0.6) is 0 Å². The fourth-order valence-corrected chi connectivity index (χ4v) is 2.39. The first-order valence-electron chi connectivity index (χ1n) is 6.56. The number of rotatable bonds is 5. The first kappa shape index (κ1) is 14.5. The van der Waals surface area contributed by atoms with Crippen molar-refractivity contribution >= 4 is 11.6 Å². The van der Waals surface area contributed by atoms with E-state index in [9.17, 15) is 20.0 Å². The molecular weight excluding hydrogens is 260 g/mol. The Morgan fingerprint density at radius 2 is 2.20 bits per heavy atom. The van der Waals surface area contributed by atoms with Gasteiger partial charge in [-0.2, -0.15) is 0 Å². The standard InChI is InChI=1S/C14H18N2O4/c1-9-11(4-3-5-12(9)16(19)20)13(18)15-14(2,8-17)10-6-7-10/h3-5,10,17H,6-8H2,1-2H3,(H,15,18). The maximum absolute atomic E-state index is 12.3. The van der Waals surface area contributed by atoms with E-state index in [1.165, 1.54) is 12.1 Å². The van der Waals surface area contributed by atoms with E-state index in [2.05, 4.69) is 5.32 Å². The maximum atomic E-state index is 12.3. The molecule has 0 saturated heterocycles. The molecule has 1 aromatic carbocycles. The van der Waals surface area contributed by atoms with Gasteiger partial charge in [-0.05, 0) is 38.7 Å². The number of nitro groups is 1. The van der Waals surface area contributed by atoms with E-state index in [-0.39, 0.29) is 29.7 Å². The average Bonchev–Trinajstić information content (AvgIpc) is 3.22. The van der Waals surface area contributed by atoms with Crippen molar-refractivity contribution in [2.45, 2.75) is 32.2 Å². The monoisotopic (exact) mass is 278 g/mol. The topological polar surface area (TPSA) is 92.5 Å². The van der Waals surface area contributed by atoms with E-state index < -0.39 is 10.5 Å². The van der Waals surface area contributed by atoms with Gasteiger partial charge >= 0.3 is 0 Å². The van der Waals surface area contributed by atoms with Gasteiger partial charge in [-0.25, -0.2) is 0 Å². The zero-order valence-electron chi connectivity index (χ0n) is 11.5. The van der Waals surface area contributed by atoms with Crippen molar-refractivity contribution in [2.24, 2.45) is 5.92 Å². The summed E-state index contributed by atoms with van der Waals surface area (Å²) in [4.78, 5) is 22.7. The second-order valence-electron chi connectivity index (χ2n) is 5.51. The number of nitrogens with zero attached hydrogens (tertiary/aromatic N) is 1. The van der Waals surface area contributed by atoms with E-state index in [4.69, 9.17) is 0 Å². The molecule has 6 heteroatoms. The van der Waals surface area contributed by atoms with Gasteiger partial charge in [0.25, 0.3) is 11.6 Å². The molecular formula is C14H18N2O4. The predicted octanol–water partition coefficient (Wildman–Crippen LogP) is 1.79. The fourth-order valence-electron chi connectivity index (χ4n) is 2.39. The SMILES string of the molecule is Cc1c(C(=O)NC(C)(CO)C2CC2)cccc1[N+](=O)[O-]. The molecule has 1 atom stereocenters. The molecule has 6 nitrogen and oxygen atoms in total. The third-order valence-electron chi connectivity index (χ3n) is 3.95. The van der Waals surface area contributed by atoms with Crippen molar-refractivity contribution in [2.75, 3.05) is 6.61 Å². The molecule has 0 bridgehead atoms. The van der Waals surface area contributed by atoms with Crippen LogP contribution in [-0.2, 0) is 0 Å². The Hall–Kier alpha value is -1.95. The smallest absolute Gasteiger partial charge is 0.273 e. The number of carbonyl (C=O) groups excluding carboxylic acids is 1. The van der Waals surface area contributed by atoms with Gasteiger partial charge in [0.1, 0.15) is 0 Å². The Labute approximate surface area is 117 Å². The van der Waals surface area contributed by atoms with Gasteiger partial charge < -0.3 is 10.4 Å². The summed E-state index contributed by atoms with van der Waals surface area (Å²) in [6.07, 6.45) is 1.95. The van der Waals surface area contributed by atoms with Crippen LogP contribution < -0.4 is 5.32 Å². The fraction of sp³-hybridized carbons (Fsp3) is 0.500. The van der Waals surface area contributed by atoms with Crippen LogP contribution in [0.3, 0.4) is 0 Å². The van der Waals surface area contributed by atoms with Crippen molar-refractivity contribution < 1.29 is 14.8 Å². The van der Waals surface area contributed by atoms with E-state index in [0.717, 1.165) is 12.8 Å². The lowest BCUT2D eigenvalue weighted by atomic mass is 9.95. The molecule has 1 saturated carbocycles. The van der Waals surface area contributed by atoms with Gasteiger partial charge in [-0.1, -0.05) is 6.07 Å². The number of aliphatic hydroxyl groups is 1. The van der Waals surface area contributed by atoms with Crippen LogP contribution in [-0.4, -0.2) is 28.1 Å². The minimum Gasteiger partial charge on any atom is -0.394 e. The molecule has 1 aromatic rings. The second-order valence-corrected chi connectivity index (χ2v) is 5.51. The first-order valence-corrected chi connectivity index (χ1v) is 6.56. The highest BCUT2D eigenvalue weighted by molar-refractivity contribution is 5.97. The molecule has 1 amide bonds. The zero-order valence-corrected chi connectivity index (χ0v) is 11.5. The van der Waals surface area contributed by atoms with Gasteiger partial charge in [0.05, 0.1) is 17.1 Å². The van der Waals surface area contributed by atoms with Crippen LogP contribution in [0.4, 0.5) is 5.69 Å². The largest absolute Gasteiger partial charge is 0.394 e. The highest BCUT2D eigenvalue weighted by Gasteiger charge is 2.42. The third kappa shape index (κ3) is 2.65. The zero-order chi connectivity index (χ0) is 14.9. The van der Waals surface area contributed by atoms with E-state index in [1.807, 2.05) is 0 Å². The highest BCUT2D eigenvalue weighted by atomic mass is 16.6. The number of carbonyl (C=O) groups is 1. The normalized spacial score (nSPS) is 17.4. The minimum atomic E-state index is -0.659. The third-order valence-corrected chi connectivity index (χ3v) is 3.95. The molecule has 0 spiro atoms. The summed E-state index contributed by atoms with van der Waals surface area (Å²) in [5.74, 6) is -0.106. The Kier molecular flexibility index (Phi) is 3.76. The molecule has 1 aliphatic rings. The summed E-state index contributed by atoms with van der Waals surface area (Å²) in [6, 6.07) is 4.42. The molecule has 0 heterocycles. The van der Waals surface area contributed by atoms with Gasteiger partial charge in [-0.15, -0.1) is 0 Å². The minimum absolute atomic E-state index is 0.0743. The molecule has 20 heavy (non-hydrogen) atoms. The van der Waals surface area contributed by atoms with Crippen LogP contribution in [0.15, 0.2) is 18.2 Å². The number of aliphatic hydroxyl groups excluding tert-OH is 1. The van der Waals surface area contributed by atoms with Crippen molar-refractivity contribution in [3.05, 3.63) is 39.4 Å². The van der Waals surface area contributed by atoms with Gasteiger partial charge in [0.15, 0.2) is 0 Å². The number of amides is 1. The number of nitro benzene ring substituents is 1. The van der Waals surface area contributed by atoms with Crippen molar-refractivity contribution in [1.82, 2.24) is 5.32 Å². The Bertz CT molecular complexity index is 554. The van der Waals surface area contributed by atoms with Crippen LogP contribution in [0.25, 0.3) is 0 Å². The maximum Gasteiger partial charge on any atom is 0.273 e. The predicted molar refractivity (Wildman–Crippen MR) is 73.5 cm³/mol. The molecule has 0 radical (unpaired) electrons. The summed E-state index contributed by atoms with van der Waals surface area (Å²) < 4.78 is 0. The van der Waals surface area contributed by atoms with Crippen molar-refractivity contribution in [1.29, 1.82) is 0 Å². The van der Waals surface area contributed by atoms with E-state index >= 15 is 0 Å².